The SMILES string of the molecule is CNC(=O)C1COCCN1c1cc(N)nc(C(F)(F)F)n1. The number of rotatable bonds is 2. The van der Waals surface area contributed by atoms with Gasteiger partial charge < -0.3 is 20.7 Å². The zero-order chi connectivity index (χ0) is 15.6. The smallest absolute Gasteiger partial charge is 0.384 e. The topological polar surface area (TPSA) is 93.4 Å². The van der Waals surface area contributed by atoms with Crippen molar-refractivity contribution in [3.63, 3.8) is 0 Å². The van der Waals surface area contributed by atoms with Crippen molar-refractivity contribution in [2.45, 2.75) is 12.2 Å². The summed E-state index contributed by atoms with van der Waals surface area (Å²) in [6.07, 6.45) is -4.71. The summed E-state index contributed by atoms with van der Waals surface area (Å²) in [7, 11) is 1.44. The molecule has 2 rings (SSSR count). The molecule has 1 amide bonds. The van der Waals surface area contributed by atoms with E-state index in [9.17, 15) is 18.0 Å². The molecular weight excluding hydrogens is 291 g/mol. The highest BCUT2D eigenvalue weighted by molar-refractivity contribution is 5.85. The van der Waals surface area contributed by atoms with E-state index >= 15 is 0 Å². The van der Waals surface area contributed by atoms with E-state index in [4.69, 9.17) is 10.5 Å². The minimum atomic E-state index is -4.71. The fourth-order valence-corrected chi connectivity index (χ4v) is 1.99. The average Bonchev–Trinajstić information content (AvgIpc) is 2.45. The molecule has 0 aliphatic carbocycles. The lowest BCUT2D eigenvalue weighted by Gasteiger charge is -2.35. The number of aromatic nitrogens is 2. The molecule has 2 heterocycles. The van der Waals surface area contributed by atoms with Crippen LogP contribution in [0.25, 0.3) is 0 Å². The van der Waals surface area contributed by atoms with E-state index in [0.29, 0.717) is 0 Å². The van der Waals surface area contributed by atoms with Gasteiger partial charge in [0.1, 0.15) is 17.7 Å². The van der Waals surface area contributed by atoms with Crippen LogP contribution in [0.2, 0.25) is 0 Å². The molecule has 1 aliphatic rings. The fourth-order valence-electron chi connectivity index (χ4n) is 1.99. The lowest BCUT2D eigenvalue weighted by Crippen LogP contribution is -2.53. The van der Waals surface area contributed by atoms with Gasteiger partial charge in [0.2, 0.25) is 11.7 Å². The molecule has 1 aromatic rings. The quantitative estimate of drug-likeness (QED) is 0.800. The number of hydrogen-bond acceptors (Lipinski definition) is 6. The molecule has 0 spiro atoms. The second-order valence-corrected chi connectivity index (χ2v) is 4.37. The highest BCUT2D eigenvalue weighted by Gasteiger charge is 2.37. The first-order valence-corrected chi connectivity index (χ1v) is 6.10. The van der Waals surface area contributed by atoms with Gasteiger partial charge in [0, 0.05) is 19.7 Å². The molecule has 1 atom stereocenters. The summed E-state index contributed by atoms with van der Waals surface area (Å²) in [6.45, 7) is 0.565. The Morgan fingerprint density at radius 3 is 2.86 bits per heavy atom. The predicted octanol–water partition coefficient (Wildman–Crippen LogP) is 0.0288. The van der Waals surface area contributed by atoms with Gasteiger partial charge in [-0.05, 0) is 0 Å². The molecule has 1 fully saturated rings. The van der Waals surface area contributed by atoms with E-state index in [1.807, 2.05) is 0 Å². The van der Waals surface area contributed by atoms with E-state index in [2.05, 4.69) is 15.3 Å². The minimum Gasteiger partial charge on any atom is -0.384 e. The van der Waals surface area contributed by atoms with Crippen LogP contribution >= 0.6 is 0 Å². The summed E-state index contributed by atoms with van der Waals surface area (Å²) < 4.78 is 43.4. The molecule has 1 saturated heterocycles. The van der Waals surface area contributed by atoms with E-state index in [1.165, 1.54) is 18.0 Å². The van der Waals surface area contributed by atoms with Gasteiger partial charge >= 0.3 is 6.18 Å². The summed E-state index contributed by atoms with van der Waals surface area (Å²) in [5.41, 5.74) is 5.41. The molecule has 116 valence electrons. The van der Waals surface area contributed by atoms with E-state index in [0.717, 1.165) is 0 Å². The highest BCUT2D eigenvalue weighted by atomic mass is 19.4. The summed E-state index contributed by atoms with van der Waals surface area (Å²) in [5, 5.41) is 2.44. The molecule has 1 unspecified atom stereocenters. The predicted molar refractivity (Wildman–Crippen MR) is 67.5 cm³/mol. The lowest BCUT2D eigenvalue weighted by molar-refractivity contribution is -0.144. The largest absolute Gasteiger partial charge is 0.451 e. The molecule has 21 heavy (non-hydrogen) atoms. The number of carbonyl (C=O) groups is 1. The lowest BCUT2D eigenvalue weighted by atomic mass is 10.2. The van der Waals surface area contributed by atoms with Crippen molar-refractivity contribution in [2.24, 2.45) is 0 Å². The van der Waals surface area contributed by atoms with Gasteiger partial charge in [-0.15, -0.1) is 0 Å². The van der Waals surface area contributed by atoms with Gasteiger partial charge in [-0.25, -0.2) is 9.97 Å². The maximum Gasteiger partial charge on any atom is 0.451 e. The Labute approximate surface area is 118 Å². The molecule has 0 aromatic carbocycles. The Kier molecular flexibility index (Phi) is 4.16. The number of nitrogens with two attached hydrogens (primary N) is 1. The zero-order valence-corrected chi connectivity index (χ0v) is 11.1. The van der Waals surface area contributed by atoms with Crippen LogP contribution in [0.3, 0.4) is 0 Å². The normalized spacial score (nSPS) is 19.4. The molecule has 0 saturated carbocycles. The number of alkyl halides is 3. The monoisotopic (exact) mass is 305 g/mol. The number of nitrogen functional groups attached to an aromatic ring is 1. The Morgan fingerprint density at radius 2 is 2.24 bits per heavy atom. The van der Waals surface area contributed by atoms with Gasteiger partial charge in [-0.3, -0.25) is 4.79 Å². The van der Waals surface area contributed by atoms with Crippen LogP contribution in [0, 0.1) is 0 Å². The van der Waals surface area contributed by atoms with Gasteiger partial charge in [0.15, 0.2) is 0 Å². The summed E-state index contributed by atoms with van der Waals surface area (Å²) in [5.74, 6) is -2.07. The molecule has 10 heteroatoms. The number of morpholine rings is 1. The maximum atomic E-state index is 12.7. The van der Waals surface area contributed by atoms with Crippen molar-refractivity contribution in [3.8, 4) is 0 Å². The van der Waals surface area contributed by atoms with Crippen molar-refractivity contribution in [3.05, 3.63) is 11.9 Å². The van der Waals surface area contributed by atoms with Crippen molar-refractivity contribution in [1.82, 2.24) is 15.3 Å². The number of nitrogens with one attached hydrogen (secondary N) is 1. The first-order chi connectivity index (χ1) is 9.82. The number of anilines is 2. The number of likely N-dealkylation sites (N-methyl/N-ethyl adjacent to an activating group) is 1. The molecule has 1 aromatic heterocycles. The van der Waals surface area contributed by atoms with Crippen molar-refractivity contribution in [2.75, 3.05) is 37.4 Å². The maximum absolute atomic E-state index is 12.7. The van der Waals surface area contributed by atoms with Crippen LogP contribution in [0.5, 0.6) is 0 Å². The summed E-state index contributed by atoms with van der Waals surface area (Å²) in [6, 6.07) is 0.440. The molecule has 1 aliphatic heterocycles. The first-order valence-electron chi connectivity index (χ1n) is 6.10. The van der Waals surface area contributed by atoms with Crippen molar-refractivity contribution in [1.29, 1.82) is 0 Å². The van der Waals surface area contributed by atoms with E-state index < -0.39 is 18.0 Å². The van der Waals surface area contributed by atoms with Crippen molar-refractivity contribution >= 4 is 17.5 Å². The second kappa shape index (κ2) is 5.72. The molecule has 3 N–H and O–H groups in total. The van der Waals surface area contributed by atoms with Crippen LogP contribution < -0.4 is 16.0 Å². The second-order valence-electron chi connectivity index (χ2n) is 4.37. The third-order valence-electron chi connectivity index (χ3n) is 2.96. The summed E-state index contributed by atoms with van der Waals surface area (Å²) in [4.78, 5) is 19.9. The molecule has 0 radical (unpaired) electrons. The Morgan fingerprint density at radius 1 is 1.52 bits per heavy atom. The summed E-state index contributed by atoms with van der Waals surface area (Å²) >= 11 is 0. The Hall–Kier alpha value is -2.10. The molecule has 0 bridgehead atoms. The number of hydrogen-bond donors (Lipinski definition) is 2. The van der Waals surface area contributed by atoms with Gasteiger partial charge in [0.05, 0.1) is 13.2 Å². The molecular formula is C11H14F3N5O2. The van der Waals surface area contributed by atoms with E-state index in [1.54, 1.807) is 0 Å². The fraction of sp³-hybridized carbons (Fsp3) is 0.545. The van der Waals surface area contributed by atoms with Crippen LogP contribution in [0.15, 0.2) is 6.07 Å². The third-order valence-corrected chi connectivity index (χ3v) is 2.96. The Bertz CT molecular complexity index is 537. The van der Waals surface area contributed by atoms with Crippen LogP contribution in [-0.4, -0.2) is 48.7 Å². The number of halogens is 3. The number of nitrogens with zero attached hydrogens (tertiary/aromatic N) is 3. The Balaban J connectivity index is 2.39. The van der Waals surface area contributed by atoms with Crippen LogP contribution in [0.1, 0.15) is 5.82 Å². The van der Waals surface area contributed by atoms with Crippen LogP contribution in [-0.2, 0) is 15.7 Å². The van der Waals surface area contributed by atoms with E-state index in [-0.39, 0.29) is 37.3 Å². The van der Waals surface area contributed by atoms with Crippen LogP contribution in [0.4, 0.5) is 24.8 Å². The first kappa shape index (κ1) is 15.3. The zero-order valence-electron chi connectivity index (χ0n) is 11.1. The van der Waals surface area contributed by atoms with Gasteiger partial charge in [-0.1, -0.05) is 0 Å². The number of ether oxygens (including phenoxy) is 1. The standard InChI is InChI=1S/C11H14F3N5O2/c1-16-9(20)6-5-21-3-2-19(6)8-4-7(15)17-10(18-8)11(12,13)14/h4,6H,2-3,5H2,1H3,(H,16,20)(H2,15,17,18). The minimum absolute atomic E-state index is 0.0493. The average molecular weight is 305 g/mol. The van der Waals surface area contributed by atoms with Gasteiger partial charge in [-0.2, -0.15) is 13.2 Å². The highest BCUT2D eigenvalue weighted by Crippen LogP contribution is 2.29. The molecule has 7 nitrogen and oxygen atoms in total. The number of carbonyl (C=O) groups excluding carboxylic acids is 1. The van der Waals surface area contributed by atoms with Crippen molar-refractivity contribution < 1.29 is 22.7 Å². The third kappa shape index (κ3) is 3.32. The van der Waals surface area contributed by atoms with Gasteiger partial charge in [0.25, 0.3) is 0 Å². The number of amides is 1.